The quantitative estimate of drug-likeness (QED) is 0.840. The van der Waals surface area contributed by atoms with Gasteiger partial charge in [0.05, 0.1) is 0 Å². The highest BCUT2D eigenvalue weighted by atomic mass is 16.3. The van der Waals surface area contributed by atoms with Gasteiger partial charge in [-0.1, -0.05) is 48.9 Å². The van der Waals surface area contributed by atoms with Crippen LogP contribution in [-0.4, -0.2) is 5.11 Å². The monoisotopic (exact) mass is 281 g/mol. The Morgan fingerprint density at radius 1 is 1.00 bits per heavy atom. The molecule has 1 saturated carbocycles. The standard InChI is InChI=1S/C19H23NO/c1-14(17-11-6-12-18(21)13-17)20-19(16-9-5-10-16)15-7-3-2-4-8-15/h2-4,6-8,11-14,16,19-21H,5,9-10H2,1H3. The van der Waals surface area contributed by atoms with Crippen LogP contribution in [0.1, 0.15) is 49.4 Å². The van der Waals surface area contributed by atoms with E-state index < -0.39 is 0 Å². The summed E-state index contributed by atoms with van der Waals surface area (Å²) in [4.78, 5) is 0. The molecule has 1 aliphatic carbocycles. The van der Waals surface area contributed by atoms with E-state index in [1.54, 1.807) is 6.07 Å². The van der Waals surface area contributed by atoms with E-state index in [0.717, 1.165) is 11.5 Å². The number of nitrogens with one attached hydrogen (secondary N) is 1. The Balaban J connectivity index is 1.78. The number of phenols is 1. The minimum atomic E-state index is 0.225. The van der Waals surface area contributed by atoms with E-state index in [1.165, 1.54) is 24.8 Å². The van der Waals surface area contributed by atoms with Gasteiger partial charge in [-0.05, 0) is 48.9 Å². The maximum absolute atomic E-state index is 9.65. The molecule has 0 bridgehead atoms. The number of hydrogen-bond donors (Lipinski definition) is 2. The first kappa shape index (κ1) is 14.2. The van der Waals surface area contributed by atoms with Crippen LogP contribution in [0.25, 0.3) is 0 Å². The van der Waals surface area contributed by atoms with Crippen LogP contribution in [-0.2, 0) is 0 Å². The zero-order valence-corrected chi connectivity index (χ0v) is 12.5. The average molecular weight is 281 g/mol. The maximum atomic E-state index is 9.65. The highest BCUT2D eigenvalue weighted by molar-refractivity contribution is 5.30. The largest absolute Gasteiger partial charge is 0.508 e. The van der Waals surface area contributed by atoms with Crippen molar-refractivity contribution in [3.63, 3.8) is 0 Å². The number of phenolic OH excluding ortho intramolecular Hbond substituents is 1. The molecular formula is C19H23NO. The van der Waals surface area contributed by atoms with Gasteiger partial charge in [0.15, 0.2) is 0 Å². The van der Waals surface area contributed by atoms with E-state index in [4.69, 9.17) is 0 Å². The molecule has 2 heteroatoms. The Bertz CT molecular complexity index is 577. The summed E-state index contributed by atoms with van der Waals surface area (Å²) in [6, 6.07) is 18.9. The normalized spacial score (nSPS) is 18.0. The second-order valence-electron chi connectivity index (χ2n) is 6.06. The van der Waals surface area contributed by atoms with Gasteiger partial charge < -0.3 is 10.4 Å². The minimum absolute atomic E-state index is 0.225. The van der Waals surface area contributed by atoms with E-state index in [2.05, 4.69) is 48.6 Å². The molecule has 0 amide bonds. The molecular weight excluding hydrogens is 258 g/mol. The summed E-state index contributed by atoms with van der Waals surface area (Å²) < 4.78 is 0. The molecule has 2 aromatic rings. The van der Waals surface area contributed by atoms with Gasteiger partial charge >= 0.3 is 0 Å². The van der Waals surface area contributed by atoms with E-state index >= 15 is 0 Å². The highest BCUT2D eigenvalue weighted by Crippen LogP contribution is 2.39. The summed E-state index contributed by atoms with van der Waals surface area (Å²) in [5, 5.41) is 13.4. The van der Waals surface area contributed by atoms with Crippen LogP contribution in [0.5, 0.6) is 5.75 Å². The van der Waals surface area contributed by atoms with Gasteiger partial charge in [0, 0.05) is 12.1 Å². The Kier molecular flexibility index (Phi) is 4.26. The summed E-state index contributed by atoms with van der Waals surface area (Å²) in [5.41, 5.74) is 2.50. The lowest BCUT2D eigenvalue weighted by Gasteiger charge is -2.36. The SMILES string of the molecule is CC(NC(c1ccccc1)C1CCC1)c1cccc(O)c1. The van der Waals surface area contributed by atoms with Crippen molar-refractivity contribution in [2.75, 3.05) is 0 Å². The van der Waals surface area contributed by atoms with Crippen LogP contribution in [0, 0.1) is 5.92 Å². The van der Waals surface area contributed by atoms with Crippen LogP contribution in [0.15, 0.2) is 54.6 Å². The summed E-state index contributed by atoms with van der Waals surface area (Å²) in [5.74, 6) is 1.06. The molecule has 0 heterocycles. The molecule has 2 nitrogen and oxygen atoms in total. The number of rotatable bonds is 5. The van der Waals surface area contributed by atoms with Crippen LogP contribution in [0.3, 0.4) is 0 Å². The molecule has 1 fully saturated rings. The van der Waals surface area contributed by atoms with Crippen LogP contribution < -0.4 is 5.32 Å². The molecule has 2 N–H and O–H groups in total. The molecule has 0 spiro atoms. The van der Waals surface area contributed by atoms with Crippen molar-refractivity contribution in [1.82, 2.24) is 5.32 Å². The van der Waals surface area contributed by atoms with Crippen molar-refractivity contribution in [3.05, 3.63) is 65.7 Å². The van der Waals surface area contributed by atoms with Crippen LogP contribution in [0.2, 0.25) is 0 Å². The molecule has 1 aliphatic rings. The highest BCUT2D eigenvalue weighted by Gasteiger charge is 2.29. The van der Waals surface area contributed by atoms with Gasteiger partial charge in [0.25, 0.3) is 0 Å². The first-order chi connectivity index (χ1) is 10.2. The van der Waals surface area contributed by atoms with Crippen LogP contribution >= 0.6 is 0 Å². The Morgan fingerprint density at radius 2 is 1.71 bits per heavy atom. The molecule has 3 rings (SSSR count). The molecule has 2 atom stereocenters. The van der Waals surface area contributed by atoms with Gasteiger partial charge in [0.2, 0.25) is 0 Å². The maximum Gasteiger partial charge on any atom is 0.115 e. The van der Waals surface area contributed by atoms with Crippen molar-refractivity contribution < 1.29 is 5.11 Å². The van der Waals surface area contributed by atoms with Gasteiger partial charge in [-0.25, -0.2) is 0 Å². The van der Waals surface area contributed by atoms with Gasteiger partial charge in [0.1, 0.15) is 5.75 Å². The lowest BCUT2D eigenvalue weighted by atomic mass is 9.77. The van der Waals surface area contributed by atoms with Crippen molar-refractivity contribution >= 4 is 0 Å². The summed E-state index contributed by atoms with van der Waals surface area (Å²) in [7, 11) is 0. The number of benzene rings is 2. The Hall–Kier alpha value is -1.80. The summed E-state index contributed by atoms with van der Waals surface area (Å²) in [6.07, 6.45) is 3.95. The molecule has 21 heavy (non-hydrogen) atoms. The first-order valence-corrected chi connectivity index (χ1v) is 7.84. The first-order valence-electron chi connectivity index (χ1n) is 7.84. The van der Waals surface area contributed by atoms with Gasteiger partial charge in [-0.15, -0.1) is 0 Å². The van der Waals surface area contributed by atoms with Gasteiger partial charge in [-0.3, -0.25) is 0 Å². The molecule has 110 valence electrons. The van der Waals surface area contributed by atoms with E-state index in [9.17, 15) is 5.11 Å². The van der Waals surface area contributed by atoms with E-state index in [1.807, 2.05) is 12.1 Å². The van der Waals surface area contributed by atoms with Gasteiger partial charge in [-0.2, -0.15) is 0 Å². The minimum Gasteiger partial charge on any atom is -0.508 e. The molecule has 0 radical (unpaired) electrons. The molecule has 0 aliphatic heterocycles. The number of hydrogen-bond acceptors (Lipinski definition) is 2. The predicted molar refractivity (Wildman–Crippen MR) is 86.2 cm³/mol. The Morgan fingerprint density at radius 3 is 2.33 bits per heavy atom. The fourth-order valence-corrected chi connectivity index (χ4v) is 3.10. The second-order valence-corrected chi connectivity index (χ2v) is 6.06. The molecule has 0 aromatic heterocycles. The molecule has 2 unspecified atom stereocenters. The lowest BCUT2D eigenvalue weighted by Crippen LogP contribution is -2.33. The fraction of sp³-hybridized carbons (Fsp3) is 0.368. The third kappa shape index (κ3) is 3.27. The number of aromatic hydroxyl groups is 1. The second kappa shape index (κ2) is 6.31. The molecule has 0 saturated heterocycles. The third-order valence-electron chi connectivity index (χ3n) is 4.58. The summed E-state index contributed by atoms with van der Waals surface area (Å²) in [6.45, 7) is 2.17. The summed E-state index contributed by atoms with van der Waals surface area (Å²) >= 11 is 0. The zero-order chi connectivity index (χ0) is 14.7. The van der Waals surface area contributed by atoms with Crippen molar-refractivity contribution in [3.8, 4) is 5.75 Å². The van der Waals surface area contributed by atoms with E-state index in [0.29, 0.717) is 11.8 Å². The predicted octanol–water partition coefficient (Wildman–Crippen LogP) is 4.58. The Labute approximate surface area is 126 Å². The molecule has 2 aromatic carbocycles. The van der Waals surface area contributed by atoms with Crippen molar-refractivity contribution in [2.24, 2.45) is 5.92 Å². The fourth-order valence-electron chi connectivity index (χ4n) is 3.10. The van der Waals surface area contributed by atoms with Crippen molar-refractivity contribution in [2.45, 2.75) is 38.3 Å². The topological polar surface area (TPSA) is 32.3 Å². The third-order valence-corrected chi connectivity index (χ3v) is 4.58. The zero-order valence-electron chi connectivity index (χ0n) is 12.5. The smallest absolute Gasteiger partial charge is 0.115 e. The van der Waals surface area contributed by atoms with Crippen molar-refractivity contribution in [1.29, 1.82) is 0 Å². The average Bonchev–Trinajstić information content (AvgIpc) is 2.45. The van der Waals surface area contributed by atoms with E-state index in [-0.39, 0.29) is 6.04 Å². The lowest BCUT2D eigenvalue weighted by molar-refractivity contribution is 0.219. The van der Waals surface area contributed by atoms with Crippen LogP contribution in [0.4, 0.5) is 0 Å².